The van der Waals surface area contributed by atoms with Gasteiger partial charge in [0.15, 0.2) is 5.78 Å². The Morgan fingerprint density at radius 1 is 1.32 bits per heavy atom. The van der Waals surface area contributed by atoms with Gasteiger partial charge in [-0.05, 0) is 31.5 Å². The number of benzene rings is 1. The number of hydrogen-bond acceptors (Lipinski definition) is 3. The van der Waals surface area contributed by atoms with Crippen LogP contribution in [0.3, 0.4) is 0 Å². The molecule has 0 saturated heterocycles. The summed E-state index contributed by atoms with van der Waals surface area (Å²) in [6.07, 6.45) is 0.709. The first kappa shape index (κ1) is 14.2. The van der Waals surface area contributed by atoms with E-state index in [-0.39, 0.29) is 18.6 Å². The Bertz CT molecular complexity index is 645. The molecule has 0 unspecified atom stereocenters. The maximum Gasteiger partial charge on any atom is 0.303 e. The van der Waals surface area contributed by atoms with Crippen molar-refractivity contribution in [3.05, 3.63) is 33.1 Å². The van der Waals surface area contributed by atoms with Crippen LogP contribution < -0.4 is 0 Å². The van der Waals surface area contributed by atoms with Gasteiger partial charge >= 0.3 is 5.97 Å². The first-order valence-electron chi connectivity index (χ1n) is 5.92. The number of carboxylic acids is 1. The van der Waals surface area contributed by atoms with E-state index in [2.05, 4.69) is 15.9 Å². The van der Waals surface area contributed by atoms with Crippen molar-refractivity contribution in [3.63, 3.8) is 0 Å². The lowest BCUT2D eigenvalue weighted by Gasteiger charge is -2.01. The zero-order valence-electron chi connectivity index (χ0n) is 10.4. The van der Waals surface area contributed by atoms with Crippen LogP contribution in [0.15, 0.2) is 22.7 Å². The van der Waals surface area contributed by atoms with E-state index in [1.54, 1.807) is 11.3 Å². The monoisotopic (exact) mass is 340 g/mol. The van der Waals surface area contributed by atoms with Gasteiger partial charge in [-0.25, -0.2) is 0 Å². The van der Waals surface area contributed by atoms with Crippen molar-refractivity contribution >= 4 is 49.1 Å². The predicted octanol–water partition coefficient (Wildman–Crippen LogP) is 4.41. The van der Waals surface area contributed by atoms with Crippen molar-refractivity contribution in [2.45, 2.75) is 26.2 Å². The quantitative estimate of drug-likeness (QED) is 0.820. The molecule has 0 aliphatic heterocycles. The van der Waals surface area contributed by atoms with Gasteiger partial charge in [0, 0.05) is 37.8 Å². The molecule has 0 bridgehead atoms. The molecule has 0 amide bonds. The van der Waals surface area contributed by atoms with Crippen molar-refractivity contribution in [3.8, 4) is 0 Å². The number of ketones is 1. The Balaban J connectivity index is 2.28. The molecule has 0 aliphatic rings. The summed E-state index contributed by atoms with van der Waals surface area (Å²) in [6.45, 7) is 1.93. The van der Waals surface area contributed by atoms with Crippen LogP contribution in [0.25, 0.3) is 10.1 Å². The highest BCUT2D eigenvalue weighted by Gasteiger charge is 2.16. The Morgan fingerprint density at radius 2 is 2.05 bits per heavy atom. The lowest BCUT2D eigenvalue weighted by atomic mass is 10.0. The van der Waals surface area contributed by atoms with Gasteiger partial charge in [-0.1, -0.05) is 15.9 Å². The molecule has 100 valence electrons. The van der Waals surface area contributed by atoms with Gasteiger partial charge in [0.1, 0.15) is 0 Å². The highest BCUT2D eigenvalue weighted by atomic mass is 79.9. The van der Waals surface area contributed by atoms with E-state index < -0.39 is 5.97 Å². The van der Waals surface area contributed by atoms with E-state index in [0.717, 1.165) is 25.0 Å². The average molecular weight is 341 g/mol. The summed E-state index contributed by atoms with van der Waals surface area (Å²) in [7, 11) is 0. The molecule has 1 N–H and O–H groups in total. The van der Waals surface area contributed by atoms with E-state index in [9.17, 15) is 9.59 Å². The zero-order valence-corrected chi connectivity index (χ0v) is 12.8. The molecular weight excluding hydrogens is 328 g/mol. The van der Waals surface area contributed by atoms with E-state index >= 15 is 0 Å². The van der Waals surface area contributed by atoms with Crippen molar-refractivity contribution in [1.82, 2.24) is 0 Å². The average Bonchev–Trinajstić information content (AvgIpc) is 2.63. The second-order valence-electron chi connectivity index (χ2n) is 4.34. The van der Waals surface area contributed by atoms with Crippen LogP contribution in [-0.2, 0) is 4.79 Å². The highest BCUT2D eigenvalue weighted by molar-refractivity contribution is 9.10. The molecule has 0 saturated carbocycles. The number of aryl methyl sites for hydroxylation is 1. The first-order chi connectivity index (χ1) is 8.99. The van der Waals surface area contributed by atoms with Crippen molar-refractivity contribution < 1.29 is 14.7 Å². The van der Waals surface area contributed by atoms with Gasteiger partial charge in [0.25, 0.3) is 0 Å². The molecule has 1 heterocycles. The maximum absolute atomic E-state index is 12.2. The molecule has 0 atom stereocenters. The summed E-state index contributed by atoms with van der Waals surface area (Å²) in [6, 6.07) is 5.89. The number of aliphatic carboxylic acids is 1. The Labute approximate surface area is 123 Å². The predicted molar refractivity (Wildman–Crippen MR) is 80.1 cm³/mol. The summed E-state index contributed by atoms with van der Waals surface area (Å²) in [4.78, 5) is 23.7. The summed E-state index contributed by atoms with van der Waals surface area (Å²) in [5.41, 5.74) is 0.742. The van der Waals surface area contributed by atoms with Crippen molar-refractivity contribution in [2.24, 2.45) is 0 Å². The van der Waals surface area contributed by atoms with Crippen LogP contribution >= 0.6 is 27.3 Å². The summed E-state index contributed by atoms with van der Waals surface area (Å²) in [5.74, 6) is -0.828. The van der Waals surface area contributed by atoms with E-state index in [4.69, 9.17) is 5.11 Å². The number of Topliss-reactive ketones (excluding diaryl/α,β-unsaturated/α-hetero) is 1. The van der Waals surface area contributed by atoms with Gasteiger partial charge in [-0.15, -0.1) is 11.3 Å². The molecule has 3 nitrogen and oxygen atoms in total. The standard InChI is InChI=1S/C14H13BrO3S/c1-8-14(11(16)3-2-4-13(17)18)10-7-9(15)5-6-12(10)19-8/h5-7H,2-4H2,1H3,(H,17,18). The third-order valence-electron chi connectivity index (χ3n) is 2.90. The van der Waals surface area contributed by atoms with Gasteiger partial charge in [-0.2, -0.15) is 0 Å². The largest absolute Gasteiger partial charge is 0.481 e. The van der Waals surface area contributed by atoms with Crippen LogP contribution in [0.2, 0.25) is 0 Å². The molecule has 19 heavy (non-hydrogen) atoms. The number of fused-ring (bicyclic) bond motifs is 1. The fourth-order valence-electron chi connectivity index (χ4n) is 2.06. The number of halogens is 1. The second-order valence-corrected chi connectivity index (χ2v) is 6.52. The molecule has 0 aliphatic carbocycles. The van der Waals surface area contributed by atoms with Crippen LogP contribution in [0.4, 0.5) is 0 Å². The van der Waals surface area contributed by atoms with Crippen LogP contribution in [0.1, 0.15) is 34.5 Å². The van der Waals surface area contributed by atoms with Gasteiger partial charge in [0.05, 0.1) is 0 Å². The lowest BCUT2D eigenvalue weighted by Crippen LogP contribution is -2.02. The number of carboxylic acid groups (broad SMARTS) is 1. The molecule has 1 aromatic carbocycles. The third-order valence-corrected chi connectivity index (χ3v) is 4.48. The van der Waals surface area contributed by atoms with E-state index in [1.165, 1.54) is 0 Å². The zero-order chi connectivity index (χ0) is 14.0. The number of thiophene rings is 1. The first-order valence-corrected chi connectivity index (χ1v) is 7.53. The topological polar surface area (TPSA) is 54.4 Å². The number of rotatable bonds is 5. The number of hydrogen-bond donors (Lipinski definition) is 1. The van der Waals surface area contributed by atoms with Gasteiger partial charge in [0.2, 0.25) is 0 Å². The second kappa shape index (κ2) is 5.84. The molecule has 0 fully saturated rings. The molecule has 2 aromatic rings. The van der Waals surface area contributed by atoms with Gasteiger partial charge < -0.3 is 5.11 Å². The van der Waals surface area contributed by atoms with Crippen molar-refractivity contribution in [1.29, 1.82) is 0 Å². The number of carbonyl (C=O) groups is 2. The van der Waals surface area contributed by atoms with Crippen LogP contribution in [-0.4, -0.2) is 16.9 Å². The van der Waals surface area contributed by atoms with E-state index in [0.29, 0.717) is 6.42 Å². The molecule has 1 aromatic heterocycles. The minimum Gasteiger partial charge on any atom is -0.481 e. The van der Waals surface area contributed by atoms with E-state index in [1.807, 2.05) is 25.1 Å². The SMILES string of the molecule is Cc1sc2ccc(Br)cc2c1C(=O)CCCC(=O)O. The molecule has 2 rings (SSSR count). The fourth-order valence-corrected chi connectivity index (χ4v) is 3.49. The highest BCUT2D eigenvalue weighted by Crippen LogP contribution is 2.33. The number of carbonyl (C=O) groups excluding carboxylic acids is 1. The molecule has 0 radical (unpaired) electrons. The maximum atomic E-state index is 12.2. The fraction of sp³-hybridized carbons (Fsp3) is 0.286. The normalized spacial score (nSPS) is 10.8. The third kappa shape index (κ3) is 3.22. The van der Waals surface area contributed by atoms with Crippen LogP contribution in [0.5, 0.6) is 0 Å². The minimum atomic E-state index is -0.859. The van der Waals surface area contributed by atoms with Gasteiger partial charge in [-0.3, -0.25) is 9.59 Å². The Kier molecular flexibility index (Phi) is 4.37. The summed E-state index contributed by atoms with van der Waals surface area (Å²) >= 11 is 5.01. The van der Waals surface area contributed by atoms with Crippen LogP contribution in [0, 0.1) is 6.92 Å². The Hall–Kier alpha value is -1.20. The van der Waals surface area contributed by atoms with Crippen molar-refractivity contribution in [2.75, 3.05) is 0 Å². The molecular formula is C14H13BrO3S. The smallest absolute Gasteiger partial charge is 0.303 e. The minimum absolute atomic E-state index is 0.0306. The lowest BCUT2D eigenvalue weighted by molar-refractivity contribution is -0.137. The molecule has 0 spiro atoms. The molecule has 5 heteroatoms. The summed E-state index contributed by atoms with van der Waals surface area (Å²) < 4.78 is 2.03. The summed E-state index contributed by atoms with van der Waals surface area (Å²) in [5, 5.41) is 9.56. The Morgan fingerprint density at radius 3 is 2.74 bits per heavy atom.